The average molecular weight is 231 g/mol. The molecule has 0 heterocycles. The maximum absolute atomic E-state index is 9.12. The van der Waals surface area contributed by atoms with Crippen LogP contribution in [0.5, 0.6) is 0 Å². The molecule has 0 bridgehead atoms. The van der Waals surface area contributed by atoms with E-state index in [9.17, 15) is 0 Å². The first-order valence-electron chi connectivity index (χ1n) is 6.44. The first-order valence-corrected chi connectivity index (χ1v) is 6.44. The maximum atomic E-state index is 9.12. The quantitative estimate of drug-likeness (QED) is 0.769. The van der Waals surface area contributed by atoms with E-state index in [4.69, 9.17) is 10.5 Å². The van der Waals surface area contributed by atoms with Gasteiger partial charge in [0, 0.05) is 12.3 Å². The monoisotopic (exact) mass is 231 g/mol. The molecule has 2 atom stereocenters. The molecule has 1 aromatic carbocycles. The smallest absolute Gasteiger partial charge is 0.0459 e. The predicted octanol–water partition coefficient (Wildman–Crippen LogP) is 3.03. The van der Waals surface area contributed by atoms with Gasteiger partial charge in [0.2, 0.25) is 0 Å². The van der Waals surface area contributed by atoms with E-state index < -0.39 is 0 Å². The summed E-state index contributed by atoms with van der Waals surface area (Å²) < 4.78 is 0. The van der Waals surface area contributed by atoms with Crippen molar-refractivity contribution < 1.29 is 5.11 Å². The topological polar surface area (TPSA) is 44.1 Å². The van der Waals surface area contributed by atoms with Crippen molar-refractivity contribution in [3.63, 3.8) is 0 Å². The highest BCUT2D eigenvalue weighted by atomic mass is 16.3. The molecule has 1 aromatic rings. The van der Waals surface area contributed by atoms with Crippen LogP contribution in [0.4, 0.5) is 0 Å². The van der Waals surface area contributed by atoms with E-state index in [2.05, 4.69) is 12.1 Å². The number of aliphatic hydroxyl groups excluding tert-OH is 1. The number of hydrogen-bond donors (Lipinski definition) is 2. The van der Waals surface area contributed by atoms with Gasteiger partial charge in [-0.2, -0.15) is 0 Å². The van der Waals surface area contributed by atoms with E-state index in [-0.39, 0.29) is 0 Å². The Morgan fingerprint density at radius 1 is 1.24 bits per heavy atom. The summed E-state index contributed by atoms with van der Waals surface area (Å²) in [5, 5.41) is 16.7. The van der Waals surface area contributed by atoms with Crippen LogP contribution in [0.3, 0.4) is 0 Å². The average Bonchev–Trinajstić information content (AvgIpc) is 2.77. The summed E-state index contributed by atoms with van der Waals surface area (Å²) in [5.41, 5.74) is 2.99. The zero-order valence-electron chi connectivity index (χ0n) is 10.4. The Hall–Kier alpha value is -1.15. The van der Waals surface area contributed by atoms with Crippen LogP contribution in [-0.4, -0.2) is 17.4 Å². The molecule has 92 valence electrons. The molecule has 1 fully saturated rings. The molecule has 2 heteroatoms. The molecule has 2 N–H and O–H groups in total. The van der Waals surface area contributed by atoms with Crippen molar-refractivity contribution in [3.05, 3.63) is 35.4 Å². The van der Waals surface area contributed by atoms with Crippen LogP contribution < -0.4 is 0 Å². The second kappa shape index (κ2) is 5.46. The second-order valence-corrected chi connectivity index (χ2v) is 5.25. The van der Waals surface area contributed by atoms with Crippen LogP contribution in [-0.2, 0) is 6.42 Å². The minimum atomic E-state index is 0.350. The van der Waals surface area contributed by atoms with Gasteiger partial charge < -0.3 is 10.5 Å². The van der Waals surface area contributed by atoms with Gasteiger partial charge in [-0.05, 0) is 55.6 Å². The van der Waals surface area contributed by atoms with Gasteiger partial charge in [-0.15, -0.1) is 0 Å². The van der Waals surface area contributed by atoms with E-state index >= 15 is 0 Å². The number of aliphatic hydroxyl groups is 1. The van der Waals surface area contributed by atoms with Gasteiger partial charge in [0.15, 0.2) is 0 Å². The van der Waals surface area contributed by atoms with Crippen molar-refractivity contribution >= 4 is 5.71 Å². The summed E-state index contributed by atoms with van der Waals surface area (Å²) >= 11 is 0. The lowest BCUT2D eigenvalue weighted by atomic mass is 9.96. The van der Waals surface area contributed by atoms with Crippen molar-refractivity contribution in [2.24, 2.45) is 11.8 Å². The minimum absolute atomic E-state index is 0.350. The lowest BCUT2D eigenvalue weighted by Crippen LogP contribution is -2.03. The van der Waals surface area contributed by atoms with Crippen LogP contribution in [0.1, 0.15) is 37.3 Å². The van der Waals surface area contributed by atoms with Crippen molar-refractivity contribution in [2.45, 2.75) is 32.6 Å². The fourth-order valence-electron chi connectivity index (χ4n) is 2.75. The summed E-state index contributed by atoms with van der Waals surface area (Å²) in [6.07, 6.45) is 4.71. The standard InChI is InChI=1S/C15H21NO/c1-11(16)15-6-4-12(5-7-15)8-13-2-3-14(9-13)10-17/h4-7,13-14,16-17H,2-3,8-10H2,1H3/t13-,14+/m1/s1. The van der Waals surface area contributed by atoms with Gasteiger partial charge in [0.1, 0.15) is 0 Å². The third-order valence-corrected chi connectivity index (χ3v) is 3.82. The fraction of sp³-hybridized carbons (Fsp3) is 0.533. The number of rotatable bonds is 4. The molecule has 0 amide bonds. The Balaban J connectivity index is 1.93. The molecule has 0 radical (unpaired) electrons. The van der Waals surface area contributed by atoms with Crippen molar-refractivity contribution in [1.29, 1.82) is 5.41 Å². The van der Waals surface area contributed by atoms with Gasteiger partial charge in [-0.25, -0.2) is 0 Å². The van der Waals surface area contributed by atoms with E-state index in [1.54, 1.807) is 0 Å². The third kappa shape index (κ3) is 3.16. The molecular weight excluding hydrogens is 210 g/mol. The van der Waals surface area contributed by atoms with Crippen molar-refractivity contribution in [3.8, 4) is 0 Å². The van der Waals surface area contributed by atoms with Crippen LogP contribution in [0.15, 0.2) is 24.3 Å². The van der Waals surface area contributed by atoms with E-state index in [1.165, 1.54) is 24.8 Å². The highest BCUT2D eigenvalue weighted by Gasteiger charge is 2.23. The van der Waals surface area contributed by atoms with Crippen LogP contribution >= 0.6 is 0 Å². The van der Waals surface area contributed by atoms with Crippen molar-refractivity contribution in [2.75, 3.05) is 6.61 Å². The Morgan fingerprint density at radius 3 is 2.41 bits per heavy atom. The molecule has 17 heavy (non-hydrogen) atoms. The molecule has 0 spiro atoms. The maximum Gasteiger partial charge on any atom is 0.0459 e. The van der Waals surface area contributed by atoms with E-state index in [0.29, 0.717) is 18.2 Å². The Bertz CT molecular complexity index is 382. The van der Waals surface area contributed by atoms with Crippen LogP contribution in [0.2, 0.25) is 0 Å². The molecule has 1 aliphatic rings. The highest BCUT2D eigenvalue weighted by Crippen LogP contribution is 2.32. The SMILES string of the molecule is CC(=N)c1ccc(C[C@H]2CC[C@H](CO)C2)cc1. The number of benzene rings is 1. The molecule has 0 unspecified atom stereocenters. The third-order valence-electron chi connectivity index (χ3n) is 3.82. The van der Waals surface area contributed by atoms with Gasteiger partial charge in [-0.3, -0.25) is 0 Å². The second-order valence-electron chi connectivity index (χ2n) is 5.25. The summed E-state index contributed by atoms with van der Waals surface area (Å²) in [4.78, 5) is 0. The number of nitrogens with one attached hydrogen (secondary N) is 1. The first kappa shape index (κ1) is 12.3. The zero-order chi connectivity index (χ0) is 12.3. The Labute approximate surface area is 103 Å². The van der Waals surface area contributed by atoms with E-state index in [1.807, 2.05) is 19.1 Å². The van der Waals surface area contributed by atoms with Crippen LogP contribution in [0.25, 0.3) is 0 Å². The zero-order valence-corrected chi connectivity index (χ0v) is 10.4. The summed E-state index contributed by atoms with van der Waals surface area (Å²) in [7, 11) is 0. The molecule has 2 nitrogen and oxygen atoms in total. The largest absolute Gasteiger partial charge is 0.396 e. The summed E-state index contributed by atoms with van der Waals surface area (Å²) in [6, 6.07) is 8.35. The fourth-order valence-corrected chi connectivity index (χ4v) is 2.75. The predicted molar refractivity (Wildman–Crippen MR) is 70.6 cm³/mol. The van der Waals surface area contributed by atoms with Gasteiger partial charge >= 0.3 is 0 Å². The highest BCUT2D eigenvalue weighted by molar-refractivity contribution is 5.96. The van der Waals surface area contributed by atoms with Gasteiger partial charge in [0.25, 0.3) is 0 Å². The normalized spacial score (nSPS) is 23.9. The van der Waals surface area contributed by atoms with Gasteiger partial charge in [-0.1, -0.05) is 24.3 Å². The van der Waals surface area contributed by atoms with Crippen molar-refractivity contribution in [1.82, 2.24) is 0 Å². The first-order chi connectivity index (χ1) is 8.19. The Morgan fingerprint density at radius 2 is 1.88 bits per heavy atom. The lowest BCUT2D eigenvalue weighted by molar-refractivity contribution is 0.226. The summed E-state index contributed by atoms with van der Waals surface area (Å²) in [6.45, 7) is 2.17. The molecule has 0 aromatic heterocycles. The van der Waals surface area contributed by atoms with Crippen LogP contribution in [0, 0.1) is 17.2 Å². The Kier molecular flexibility index (Phi) is 3.95. The minimum Gasteiger partial charge on any atom is -0.396 e. The molecule has 1 aliphatic carbocycles. The lowest BCUT2D eigenvalue weighted by Gasteiger charge is -2.10. The number of hydrogen-bond acceptors (Lipinski definition) is 2. The van der Waals surface area contributed by atoms with Gasteiger partial charge in [0.05, 0.1) is 0 Å². The summed E-state index contributed by atoms with van der Waals surface area (Å²) in [5.74, 6) is 1.27. The molecular formula is C15H21NO. The molecule has 1 saturated carbocycles. The molecule has 0 aliphatic heterocycles. The molecule has 0 saturated heterocycles. The molecule has 2 rings (SSSR count). The van der Waals surface area contributed by atoms with E-state index in [0.717, 1.165) is 17.9 Å².